The van der Waals surface area contributed by atoms with Gasteiger partial charge in [0.15, 0.2) is 0 Å². The summed E-state index contributed by atoms with van der Waals surface area (Å²) >= 11 is 0. The molecule has 1 N–H and O–H groups in total. The number of hydrogen-bond donors (Lipinski definition) is 1. The van der Waals surface area contributed by atoms with Gasteiger partial charge in [0.1, 0.15) is 18.1 Å². The fourth-order valence-corrected chi connectivity index (χ4v) is 6.11. The van der Waals surface area contributed by atoms with Crippen LogP contribution in [0.5, 0.6) is 11.5 Å². The molecule has 1 saturated carbocycles. The maximum absolute atomic E-state index is 12.5. The van der Waals surface area contributed by atoms with E-state index in [2.05, 4.69) is 35.2 Å². The lowest BCUT2D eigenvalue weighted by atomic mass is 9.61. The van der Waals surface area contributed by atoms with Crippen LogP contribution in [0.4, 0.5) is 4.39 Å². The first-order chi connectivity index (χ1) is 14.7. The van der Waals surface area contributed by atoms with Crippen molar-refractivity contribution in [2.24, 2.45) is 11.3 Å². The molecule has 2 fully saturated rings. The van der Waals surface area contributed by atoms with Gasteiger partial charge < -0.3 is 9.84 Å². The number of alkyl halides is 1. The average molecular weight is 410 g/mol. The highest BCUT2D eigenvalue weighted by molar-refractivity contribution is 5.46. The number of nitrogens with zero attached hydrogens (tertiary/aromatic N) is 1. The molecule has 1 heterocycles. The molecule has 30 heavy (non-hydrogen) atoms. The molecule has 4 heteroatoms. The van der Waals surface area contributed by atoms with Gasteiger partial charge in [0.2, 0.25) is 0 Å². The standard InChI is InChI=1S/C26H32FNO2/c27-16-19-17-28(18-19)13-14-30-23-6-3-20(4-7-23)25-24-8-5-22(29)15-21(24)9-12-26(25)10-1-2-11-26/h3-8,15,19,25,29H,1-2,9-14,16-18H2/t25-/m0/s1. The van der Waals surface area contributed by atoms with E-state index in [0.29, 0.717) is 23.7 Å². The molecular weight excluding hydrogens is 377 g/mol. The predicted molar refractivity (Wildman–Crippen MR) is 117 cm³/mol. The summed E-state index contributed by atoms with van der Waals surface area (Å²) in [6.07, 6.45) is 7.52. The maximum atomic E-state index is 12.5. The van der Waals surface area contributed by atoms with E-state index in [4.69, 9.17) is 4.74 Å². The molecule has 5 rings (SSSR count). The summed E-state index contributed by atoms with van der Waals surface area (Å²) < 4.78 is 18.5. The minimum absolute atomic E-state index is 0.204. The van der Waals surface area contributed by atoms with Gasteiger partial charge in [0.25, 0.3) is 0 Å². The molecule has 1 aliphatic heterocycles. The van der Waals surface area contributed by atoms with E-state index >= 15 is 0 Å². The van der Waals surface area contributed by atoms with Crippen molar-refractivity contribution < 1.29 is 14.2 Å². The Hall–Kier alpha value is -2.07. The first-order valence-electron chi connectivity index (χ1n) is 11.5. The van der Waals surface area contributed by atoms with Crippen LogP contribution < -0.4 is 4.74 Å². The SMILES string of the molecule is Oc1ccc2c(c1)CCC1(CCCC1)[C@H]2c1ccc(OCCN2CC(CF)C2)cc1. The molecule has 0 unspecified atom stereocenters. The number of rotatable bonds is 6. The largest absolute Gasteiger partial charge is 0.508 e. The van der Waals surface area contributed by atoms with Crippen LogP contribution in [0, 0.1) is 11.3 Å². The van der Waals surface area contributed by atoms with Gasteiger partial charge in [-0.25, -0.2) is 0 Å². The first-order valence-corrected chi connectivity index (χ1v) is 11.5. The van der Waals surface area contributed by atoms with Crippen LogP contribution in [-0.4, -0.2) is 42.9 Å². The number of halogens is 1. The normalized spacial score (nSPS) is 23.3. The van der Waals surface area contributed by atoms with Gasteiger partial charge in [-0.2, -0.15) is 0 Å². The second-order valence-electron chi connectivity index (χ2n) is 9.58. The summed E-state index contributed by atoms with van der Waals surface area (Å²) in [7, 11) is 0. The van der Waals surface area contributed by atoms with Gasteiger partial charge in [-0.1, -0.05) is 31.0 Å². The molecule has 0 aromatic heterocycles. The van der Waals surface area contributed by atoms with E-state index in [1.54, 1.807) is 0 Å². The quantitative estimate of drug-likeness (QED) is 0.702. The highest BCUT2D eigenvalue weighted by Crippen LogP contribution is 2.58. The minimum atomic E-state index is -0.204. The highest BCUT2D eigenvalue weighted by Gasteiger charge is 2.45. The number of hydrogen-bond acceptors (Lipinski definition) is 3. The molecule has 2 aliphatic carbocycles. The van der Waals surface area contributed by atoms with Crippen LogP contribution in [0.1, 0.15) is 54.7 Å². The van der Waals surface area contributed by atoms with Crippen molar-refractivity contribution in [1.82, 2.24) is 4.90 Å². The lowest BCUT2D eigenvalue weighted by Gasteiger charge is -2.43. The van der Waals surface area contributed by atoms with E-state index in [1.165, 1.54) is 48.8 Å². The summed E-state index contributed by atoms with van der Waals surface area (Å²) in [6, 6.07) is 14.7. The Balaban J connectivity index is 1.31. The third-order valence-electron chi connectivity index (χ3n) is 7.68. The second-order valence-corrected chi connectivity index (χ2v) is 9.58. The van der Waals surface area contributed by atoms with E-state index in [9.17, 15) is 9.50 Å². The topological polar surface area (TPSA) is 32.7 Å². The van der Waals surface area contributed by atoms with Crippen LogP contribution in [0.2, 0.25) is 0 Å². The van der Waals surface area contributed by atoms with Crippen molar-refractivity contribution in [1.29, 1.82) is 0 Å². The number of phenols is 1. The van der Waals surface area contributed by atoms with Crippen LogP contribution in [0.25, 0.3) is 0 Å². The summed E-state index contributed by atoms with van der Waals surface area (Å²) in [5.74, 6) is 1.91. The molecule has 3 aliphatic rings. The van der Waals surface area contributed by atoms with Gasteiger partial charge >= 0.3 is 0 Å². The molecule has 0 radical (unpaired) electrons. The number of aryl methyl sites for hydroxylation is 1. The highest BCUT2D eigenvalue weighted by atomic mass is 19.1. The minimum Gasteiger partial charge on any atom is -0.508 e. The average Bonchev–Trinajstić information content (AvgIpc) is 3.19. The third kappa shape index (κ3) is 3.71. The Labute approximate surface area is 178 Å². The van der Waals surface area contributed by atoms with Crippen molar-refractivity contribution in [3.8, 4) is 11.5 Å². The van der Waals surface area contributed by atoms with Gasteiger partial charge in [-0.15, -0.1) is 0 Å². The van der Waals surface area contributed by atoms with Gasteiger partial charge in [-0.3, -0.25) is 9.29 Å². The lowest BCUT2D eigenvalue weighted by Crippen LogP contribution is -2.49. The zero-order valence-electron chi connectivity index (χ0n) is 17.7. The van der Waals surface area contributed by atoms with E-state index in [-0.39, 0.29) is 12.6 Å². The number of phenolic OH excluding ortho intramolecular Hbond substituents is 1. The van der Waals surface area contributed by atoms with Crippen molar-refractivity contribution in [3.05, 3.63) is 59.2 Å². The van der Waals surface area contributed by atoms with Gasteiger partial charge in [0, 0.05) is 31.5 Å². The predicted octanol–water partition coefficient (Wildman–Crippen LogP) is 5.31. The number of aromatic hydroxyl groups is 1. The van der Waals surface area contributed by atoms with Gasteiger partial charge in [0.05, 0.1) is 6.67 Å². The van der Waals surface area contributed by atoms with Crippen LogP contribution in [-0.2, 0) is 6.42 Å². The molecular formula is C26H32FNO2. The summed E-state index contributed by atoms with van der Waals surface area (Å²) in [6.45, 7) is 3.02. The van der Waals surface area contributed by atoms with Crippen molar-refractivity contribution in [3.63, 3.8) is 0 Å². The Morgan fingerprint density at radius 1 is 1.03 bits per heavy atom. The maximum Gasteiger partial charge on any atom is 0.119 e. The van der Waals surface area contributed by atoms with Crippen LogP contribution in [0.15, 0.2) is 42.5 Å². The molecule has 0 bridgehead atoms. The molecule has 2 aromatic carbocycles. The lowest BCUT2D eigenvalue weighted by molar-refractivity contribution is 0.0668. The molecule has 160 valence electrons. The molecule has 0 amide bonds. The Kier molecular flexibility index (Phi) is 5.44. The molecule has 2 aromatic rings. The number of benzene rings is 2. The van der Waals surface area contributed by atoms with Crippen LogP contribution >= 0.6 is 0 Å². The van der Waals surface area contributed by atoms with Crippen LogP contribution in [0.3, 0.4) is 0 Å². The van der Waals surface area contributed by atoms with Crippen molar-refractivity contribution in [2.45, 2.75) is 44.4 Å². The monoisotopic (exact) mass is 409 g/mol. The number of fused-ring (bicyclic) bond motifs is 1. The Bertz CT molecular complexity index is 869. The Morgan fingerprint density at radius 2 is 1.80 bits per heavy atom. The van der Waals surface area contributed by atoms with Crippen molar-refractivity contribution >= 4 is 0 Å². The first kappa shape index (κ1) is 19.9. The Morgan fingerprint density at radius 3 is 2.53 bits per heavy atom. The zero-order valence-corrected chi connectivity index (χ0v) is 17.7. The summed E-state index contributed by atoms with van der Waals surface area (Å²) in [5, 5.41) is 9.97. The second kappa shape index (κ2) is 8.22. The summed E-state index contributed by atoms with van der Waals surface area (Å²) in [4.78, 5) is 2.25. The fourth-order valence-electron chi connectivity index (χ4n) is 6.11. The summed E-state index contributed by atoms with van der Waals surface area (Å²) in [5.41, 5.74) is 4.43. The number of ether oxygens (including phenoxy) is 1. The fraction of sp³-hybridized carbons (Fsp3) is 0.538. The van der Waals surface area contributed by atoms with E-state index < -0.39 is 0 Å². The molecule has 3 nitrogen and oxygen atoms in total. The molecule has 1 atom stereocenters. The van der Waals surface area contributed by atoms with E-state index in [1.807, 2.05) is 12.1 Å². The van der Waals surface area contributed by atoms with Gasteiger partial charge in [-0.05, 0) is 72.1 Å². The molecule has 1 spiro atoms. The zero-order chi connectivity index (χ0) is 20.6. The number of likely N-dealkylation sites (tertiary alicyclic amines) is 1. The molecule has 1 saturated heterocycles. The van der Waals surface area contributed by atoms with Crippen molar-refractivity contribution in [2.75, 3.05) is 32.9 Å². The smallest absolute Gasteiger partial charge is 0.119 e. The van der Waals surface area contributed by atoms with E-state index in [0.717, 1.165) is 31.8 Å². The third-order valence-corrected chi connectivity index (χ3v) is 7.68.